The summed E-state index contributed by atoms with van der Waals surface area (Å²) < 4.78 is 10.7. The molecule has 23 heavy (non-hydrogen) atoms. The summed E-state index contributed by atoms with van der Waals surface area (Å²) in [6.45, 7) is 0.320. The molecular formula is C16H14N2O4S. The monoisotopic (exact) mass is 330 g/mol. The van der Waals surface area contributed by atoms with Gasteiger partial charge < -0.3 is 19.5 Å². The van der Waals surface area contributed by atoms with Crippen LogP contribution in [0.4, 0.5) is 0 Å². The third-order valence-electron chi connectivity index (χ3n) is 3.06. The highest BCUT2D eigenvalue weighted by molar-refractivity contribution is 7.13. The van der Waals surface area contributed by atoms with Crippen LogP contribution in [0.25, 0.3) is 10.6 Å². The highest BCUT2D eigenvalue weighted by Crippen LogP contribution is 2.26. The van der Waals surface area contributed by atoms with Gasteiger partial charge in [-0.2, -0.15) is 0 Å². The molecule has 0 atom stereocenters. The first-order chi connectivity index (χ1) is 11.2. The Bertz CT molecular complexity index is 775. The number of amides is 2. The molecule has 0 bridgehead atoms. The smallest absolute Gasteiger partial charge is 0.309 e. The Morgan fingerprint density at radius 3 is 2.39 bits per heavy atom. The number of nitrogens with one attached hydrogen (secondary N) is 2. The van der Waals surface area contributed by atoms with Crippen LogP contribution in [0.1, 0.15) is 11.5 Å². The van der Waals surface area contributed by atoms with Gasteiger partial charge in [0.2, 0.25) is 0 Å². The zero-order valence-corrected chi connectivity index (χ0v) is 12.9. The highest BCUT2D eigenvalue weighted by atomic mass is 32.1. The normalized spacial score (nSPS) is 10.4. The molecule has 0 saturated heterocycles. The van der Waals surface area contributed by atoms with E-state index < -0.39 is 11.8 Å². The van der Waals surface area contributed by atoms with Gasteiger partial charge in [0, 0.05) is 0 Å². The number of carbonyl (C=O) groups excluding carboxylic acids is 2. The Labute approximate surface area is 136 Å². The number of hydrogen-bond acceptors (Lipinski definition) is 5. The first kappa shape index (κ1) is 15.1. The van der Waals surface area contributed by atoms with E-state index in [4.69, 9.17) is 8.83 Å². The number of furan rings is 2. The average molecular weight is 330 g/mol. The predicted octanol–water partition coefficient (Wildman–Crippen LogP) is 2.53. The molecule has 3 heterocycles. The fourth-order valence-corrected chi connectivity index (χ4v) is 2.62. The van der Waals surface area contributed by atoms with Crippen LogP contribution in [0.3, 0.4) is 0 Å². The summed E-state index contributed by atoms with van der Waals surface area (Å²) in [6, 6.07) is 10.9. The van der Waals surface area contributed by atoms with E-state index in [-0.39, 0.29) is 13.1 Å². The van der Waals surface area contributed by atoms with Crippen molar-refractivity contribution in [3.8, 4) is 10.6 Å². The first-order valence-electron chi connectivity index (χ1n) is 6.93. The van der Waals surface area contributed by atoms with Crippen molar-refractivity contribution in [3.63, 3.8) is 0 Å². The fraction of sp³-hybridized carbons (Fsp3) is 0.125. The van der Waals surface area contributed by atoms with Crippen molar-refractivity contribution in [1.29, 1.82) is 0 Å². The van der Waals surface area contributed by atoms with Gasteiger partial charge in [-0.1, -0.05) is 6.07 Å². The van der Waals surface area contributed by atoms with E-state index in [0.717, 1.165) is 10.6 Å². The second-order valence-electron chi connectivity index (χ2n) is 4.69. The Hall–Kier alpha value is -2.80. The maximum Gasteiger partial charge on any atom is 0.309 e. The molecule has 6 nitrogen and oxygen atoms in total. The predicted molar refractivity (Wildman–Crippen MR) is 84.4 cm³/mol. The largest absolute Gasteiger partial charge is 0.467 e. The molecule has 0 spiro atoms. The summed E-state index contributed by atoms with van der Waals surface area (Å²) in [6.07, 6.45) is 1.50. The lowest BCUT2D eigenvalue weighted by Crippen LogP contribution is -2.39. The van der Waals surface area contributed by atoms with Crippen LogP contribution in [0.5, 0.6) is 0 Å². The van der Waals surface area contributed by atoms with Crippen molar-refractivity contribution in [2.24, 2.45) is 0 Å². The molecule has 2 amide bonds. The molecule has 0 saturated carbocycles. The first-order valence-corrected chi connectivity index (χ1v) is 7.81. The quantitative estimate of drug-likeness (QED) is 0.704. The van der Waals surface area contributed by atoms with Gasteiger partial charge in [0.1, 0.15) is 17.3 Å². The summed E-state index contributed by atoms with van der Waals surface area (Å²) in [7, 11) is 0. The second-order valence-corrected chi connectivity index (χ2v) is 5.64. The molecule has 0 aliphatic carbocycles. The van der Waals surface area contributed by atoms with E-state index in [1.54, 1.807) is 29.5 Å². The Morgan fingerprint density at radius 1 is 0.957 bits per heavy atom. The summed E-state index contributed by atoms with van der Waals surface area (Å²) in [5.74, 6) is 0.474. The van der Waals surface area contributed by atoms with Gasteiger partial charge >= 0.3 is 11.8 Å². The number of carbonyl (C=O) groups is 2. The topological polar surface area (TPSA) is 84.5 Å². The van der Waals surface area contributed by atoms with Crippen molar-refractivity contribution in [2.45, 2.75) is 13.1 Å². The summed E-state index contributed by atoms with van der Waals surface area (Å²) in [4.78, 5) is 24.4. The van der Waals surface area contributed by atoms with E-state index in [1.807, 2.05) is 23.6 Å². The van der Waals surface area contributed by atoms with Crippen molar-refractivity contribution in [3.05, 3.63) is 59.6 Å². The minimum absolute atomic E-state index is 0.151. The zero-order valence-electron chi connectivity index (χ0n) is 12.1. The van der Waals surface area contributed by atoms with Crippen molar-refractivity contribution in [1.82, 2.24) is 10.6 Å². The van der Waals surface area contributed by atoms with Crippen LogP contribution in [0, 0.1) is 0 Å². The molecule has 3 aromatic heterocycles. The van der Waals surface area contributed by atoms with E-state index in [0.29, 0.717) is 11.5 Å². The molecule has 2 N–H and O–H groups in total. The molecular weight excluding hydrogens is 316 g/mol. The van der Waals surface area contributed by atoms with Crippen LogP contribution in [-0.2, 0) is 22.7 Å². The molecule has 7 heteroatoms. The Morgan fingerprint density at radius 2 is 1.74 bits per heavy atom. The summed E-state index contributed by atoms with van der Waals surface area (Å²) >= 11 is 1.57. The molecule has 3 aromatic rings. The van der Waals surface area contributed by atoms with Gasteiger partial charge in [0.05, 0.1) is 24.2 Å². The standard InChI is InChI=1S/C16H14N2O4S/c19-15(17-9-11-3-1-7-21-11)16(20)18-10-12-5-6-13(22-12)14-4-2-8-23-14/h1-8H,9-10H2,(H,17,19)(H,18,20). The van der Waals surface area contributed by atoms with Crippen molar-refractivity contribution >= 4 is 23.2 Å². The van der Waals surface area contributed by atoms with Gasteiger partial charge in [-0.3, -0.25) is 9.59 Å². The van der Waals surface area contributed by atoms with Crippen LogP contribution < -0.4 is 10.6 Å². The van der Waals surface area contributed by atoms with Gasteiger partial charge in [0.25, 0.3) is 0 Å². The third-order valence-corrected chi connectivity index (χ3v) is 3.94. The molecule has 3 rings (SSSR count). The summed E-state index contributed by atoms with van der Waals surface area (Å²) in [5.41, 5.74) is 0. The van der Waals surface area contributed by atoms with Crippen molar-refractivity contribution in [2.75, 3.05) is 0 Å². The minimum Gasteiger partial charge on any atom is -0.467 e. The zero-order chi connectivity index (χ0) is 16.1. The number of hydrogen-bond donors (Lipinski definition) is 2. The molecule has 0 radical (unpaired) electrons. The minimum atomic E-state index is -0.717. The lowest BCUT2D eigenvalue weighted by atomic mass is 10.3. The second kappa shape index (κ2) is 6.97. The number of thiophene rings is 1. The lowest BCUT2D eigenvalue weighted by molar-refractivity contribution is -0.139. The molecule has 0 aliphatic heterocycles. The van der Waals surface area contributed by atoms with Crippen molar-refractivity contribution < 1.29 is 18.4 Å². The Balaban J connectivity index is 1.48. The fourth-order valence-electron chi connectivity index (χ4n) is 1.93. The highest BCUT2D eigenvalue weighted by Gasteiger charge is 2.14. The van der Waals surface area contributed by atoms with Gasteiger partial charge in [-0.15, -0.1) is 11.3 Å². The summed E-state index contributed by atoms with van der Waals surface area (Å²) in [5, 5.41) is 6.95. The third kappa shape index (κ3) is 3.89. The van der Waals surface area contributed by atoms with E-state index in [1.165, 1.54) is 6.26 Å². The maximum absolute atomic E-state index is 11.7. The van der Waals surface area contributed by atoms with E-state index in [9.17, 15) is 9.59 Å². The van der Waals surface area contributed by atoms with Crippen LogP contribution >= 0.6 is 11.3 Å². The SMILES string of the molecule is O=C(NCc1ccco1)C(=O)NCc1ccc(-c2cccs2)o1. The van der Waals surface area contributed by atoms with Crippen LogP contribution in [-0.4, -0.2) is 11.8 Å². The molecule has 0 aliphatic rings. The van der Waals surface area contributed by atoms with Gasteiger partial charge in [-0.25, -0.2) is 0 Å². The van der Waals surface area contributed by atoms with E-state index >= 15 is 0 Å². The lowest BCUT2D eigenvalue weighted by Gasteiger charge is -2.04. The van der Waals surface area contributed by atoms with Crippen LogP contribution in [0.15, 0.2) is 56.9 Å². The van der Waals surface area contributed by atoms with Gasteiger partial charge in [-0.05, 0) is 35.7 Å². The maximum atomic E-state index is 11.7. The Kier molecular flexibility index (Phi) is 4.58. The molecule has 0 aromatic carbocycles. The molecule has 118 valence electrons. The van der Waals surface area contributed by atoms with Crippen LogP contribution in [0.2, 0.25) is 0 Å². The number of rotatable bonds is 5. The van der Waals surface area contributed by atoms with Gasteiger partial charge in [0.15, 0.2) is 0 Å². The molecule has 0 fully saturated rings. The molecule has 0 unspecified atom stereocenters. The van der Waals surface area contributed by atoms with E-state index in [2.05, 4.69) is 10.6 Å². The average Bonchev–Trinajstić information content (AvgIpc) is 3.32.